The van der Waals surface area contributed by atoms with Gasteiger partial charge in [0.1, 0.15) is 5.69 Å². The van der Waals surface area contributed by atoms with E-state index in [-0.39, 0.29) is 11.2 Å². The summed E-state index contributed by atoms with van der Waals surface area (Å²) >= 11 is 5.87. The van der Waals surface area contributed by atoms with Crippen LogP contribution < -0.4 is 10.2 Å². The van der Waals surface area contributed by atoms with Crippen LogP contribution in [0.1, 0.15) is 15.9 Å². The molecule has 1 aromatic carbocycles. The topological polar surface area (TPSA) is 58.1 Å². The van der Waals surface area contributed by atoms with E-state index >= 15 is 0 Å². The third-order valence-corrected chi connectivity index (χ3v) is 3.66. The van der Waals surface area contributed by atoms with Gasteiger partial charge in [0.25, 0.3) is 5.91 Å². The first-order valence-electron chi connectivity index (χ1n) is 5.97. The minimum Gasteiger partial charge on any atom is -0.323 e. The van der Waals surface area contributed by atoms with Crippen molar-refractivity contribution < 1.29 is 4.79 Å². The lowest BCUT2D eigenvalue weighted by atomic mass is 10.1. The number of para-hydroxylation sites is 1. The average Bonchev–Trinajstić information content (AvgIpc) is 2.79. The second-order valence-corrected chi connectivity index (χ2v) is 4.88. The number of hydrogen-bond donors (Lipinski definition) is 1. The molecule has 0 saturated heterocycles. The maximum atomic E-state index is 12.3. The summed E-state index contributed by atoms with van der Waals surface area (Å²) in [6.07, 6.45) is 2.45. The minimum atomic E-state index is -0.131. The molecule has 0 unspecified atom stereocenters. The molecule has 1 aromatic heterocycles. The van der Waals surface area contributed by atoms with Crippen molar-refractivity contribution in [2.24, 2.45) is 0 Å². The Morgan fingerprint density at radius 2 is 2.26 bits per heavy atom. The van der Waals surface area contributed by atoms with E-state index in [1.54, 1.807) is 6.20 Å². The predicted octanol–water partition coefficient (Wildman–Crippen LogP) is 2.39. The van der Waals surface area contributed by atoms with Gasteiger partial charge in [-0.2, -0.15) is 4.98 Å². The highest BCUT2D eigenvalue weighted by molar-refractivity contribution is 6.28. The van der Waals surface area contributed by atoms with E-state index in [1.807, 2.05) is 23.1 Å². The zero-order valence-electron chi connectivity index (χ0n) is 9.85. The number of nitrogens with zero attached hydrogens (tertiary/aromatic N) is 3. The number of rotatable bonds is 0. The lowest BCUT2D eigenvalue weighted by Crippen LogP contribution is -2.15. The van der Waals surface area contributed by atoms with Crippen molar-refractivity contribution >= 4 is 34.7 Å². The van der Waals surface area contributed by atoms with Crippen LogP contribution in [0, 0.1) is 0 Å². The van der Waals surface area contributed by atoms with Crippen LogP contribution in [0.15, 0.2) is 24.4 Å². The van der Waals surface area contributed by atoms with E-state index < -0.39 is 0 Å². The molecule has 3 heterocycles. The molecule has 0 bridgehead atoms. The summed E-state index contributed by atoms with van der Waals surface area (Å²) in [4.78, 5) is 22.5. The van der Waals surface area contributed by atoms with Crippen LogP contribution in [0.5, 0.6) is 0 Å². The summed E-state index contributed by atoms with van der Waals surface area (Å²) in [7, 11) is 0. The standard InChI is InChI=1S/C13H9ClN4O/c14-13-15-6-9-11(17-13)18-5-4-7-2-1-3-8(10(7)18)12(19)16-9/h1-3,6H,4-5H2,(H,16,19). The van der Waals surface area contributed by atoms with Gasteiger partial charge in [0.2, 0.25) is 5.28 Å². The monoisotopic (exact) mass is 272 g/mol. The average molecular weight is 273 g/mol. The second kappa shape index (κ2) is 3.68. The van der Waals surface area contributed by atoms with Crippen LogP contribution in [0.2, 0.25) is 5.28 Å². The molecule has 0 aliphatic carbocycles. The van der Waals surface area contributed by atoms with Gasteiger partial charge >= 0.3 is 0 Å². The minimum absolute atomic E-state index is 0.131. The van der Waals surface area contributed by atoms with Gasteiger partial charge in [-0.25, -0.2) is 4.98 Å². The molecular formula is C13H9ClN4O. The fourth-order valence-corrected chi connectivity index (χ4v) is 2.82. The molecule has 2 aliphatic rings. The van der Waals surface area contributed by atoms with E-state index in [9.17, 15) is 4.79 Å². The zero-order chi connectivity index (χ0) is 13.0. The number of carbonyl (C=O) groups excluding carboxylic acids is 1. The first-order chi connectivity index (χ1) is 9.24. The molecule has 5 nitrogen and oxygen atoms in total. The van der Waals surface area contributed by atoms with Gasteiger partial charge in [-0.1, -0.05) is 12.1 Å². The Kier molecular flexibility index (Phi) is 2.08. The Morgan fingerprint density at radius 3 is 3.16 bits per heavy atom. The third-order valence-electron chi connectivity index (χ3n) is 3.48. The summed E-state index contributed by atoms with van der Waals surface area (Å²) in [5.41, 5.74) is 3.37. The number of hydrogen-bond acceptors (Lipinski definition) is 4. The predicted molar refractivity (Wildman–Crippen MR) is 72.1 cm³/mol. The third kappa shape index (κ3) is 1.45. The molecule has 1 N–H and O–H groups in total. The normalized spacial score (nSPS) is 15.6. The number of nitrogens with one attached hydrogen (secondary N) is 1. The Bertz CT molecular complexity index is 716. The van der Waals surface area contributed by atoms with Crippen LogP contribution >= 0.6 is 11.6 Å². The lowest BCUT2D eigenvalue weighted by Gasteiger charge is -2.18. The number of carbonyl (C=O) groups is 1. The van der Waals surface area contributed by atoms with E-state index in [2.05, 4.69) is 15.3 Å². The maximum Gasteiger partial charge on any atom is 0.257 e. The van der Waals surface area contributed by atoms with Gasteiger partial charge in [0, 0.05) is 6.54 Å². The number of anilines is 3. The molecule has 19 heavy (non-hydrogen) atoms. The van der Waals surface area contributed by atoms with Crippen molar-refractivity contribution in [2.75, 3.05) is 16.8 Å². The molecule has 0 atom stereocenters. The Morgan fingerprint density at radius 1 is 1.37 bits per heavy atom. The number of fused-ring (bicyclic) bond motifs is 2. The first kappa shape index (κ1) is 10.8. The summed E-state index contributed by atoms with van der Waals surface area (Å²) < 4.78 is 0. The van der Waals surface area contributed by atoms with Crippen molar-refractivity contribution in [3.8, 4) is 0 Å². The lowest BCUT2D eigenvalue weighted by molar-refractivity contribution is 0.102. The molecule has 2 aliphatic heterocycles. The second-order valence-electron chi connectivity index (χ2n) is 4.55. The van der Waals surface area contributed by atoms with E-state index in [1.165, 1.54) is 0 Å². The fraction of sp³-hybridized carbons (Fsp3) is 0.154. The van der Waals surface area contributed by atoms with Crippen molar-refractivity contribution in [1.82, 2.24) is 9.97 Å². The van der Waals surface area contributed by atoms with E-state index in [0.29, 0.717) is 17.1 Å². The highest BCUT2D eigenvalue weighted by Crippen LogP contribution is 2.42. The molecule has 0 fully saturated rings. The summed E-state index contributed by atoms with van der Waals surface area (Å²) in [5, 5.41) is 3.01. The molecule has 0 saturated carbocycles. The van der Waals surface area contributed by atoms with Gasteiger partial charge in [-0.05, 0) is 29.7 Å². The summed E-state index contributed by atoms with van der Waals surface area (Å²) in [6.45, 7) is 0.793. The van der Waals surface area contributed by atoms with Crippen molar-refractivity contribution in [1.29, 1.82) is 0 Å². The smallest absolute Gasteiger partial charge is 0.257 e. The van der Waals surface area contributed by atoms with Crippen LogP contribution in [0.25, 0.3) is 0 Å². The Balaban J connectivity index is 2.03. The summed E-state index contributed by atoms with van der Waals surface area (Å²) in [5.74, 6) is 0.533. The van der Waals surface area contributed by atoms with Gasteiger partial charge in [0.15, 0.2) is 5.82 Å². The van der Waals surface area contributed by atoms with Crippen LogP contribution in [-0.2, 0) is 6.42 Å². The molecule has 1 amide bonds. The van der Waals surface area contributed by atoms with Crippen LogP contribution in [0.4, 0.5) is 17.2 Å². The molecule has 0 radical (unpaired) electrons. The van der Waals surface area contributed by atoms with Gasteiger partial charge in [-0.3, -0.25) is 4.79 Å². The quantitative estimate of drug-likeness (QED) is 0.748. The molecule has 4 rings (SSSR count). The number of halogens is 1. The van der Waals surface area contributed by atoms with E-state index in [0.717, 1.165) is 24.2 Å². The van der Waals surface area contributed by atoms with Crippen molar-refractivity contribution in [2.45, 2.75) is 6.42 Å². The van der Waals surface area contributed by atoms with Crippen molar-refractivity contribution in [3.05, 3.63) is 40.8 Å². The number of benzene rings is 1. The zero-order valence-corrected chi connectivity index (χ0v) is 10.6. The number of aromatic nitrogens is 2. The van der Waals surface area contributed by atoms with E-state index in [4.69, 9.17) is 11.6 Å². The maximum absolute atomic E-state index is 12.3. The largest absolute Gasteiger partial charge is 0.323 e. The van der Waals surface area contributed by atoms with Crippen LogP contribution in [0.3, 0.4) is 0 Å². The molecule has 94 valence electrons. The van der Waals surface area contributed by atoms with Crippen LogP contribution in [-0.4, -0.2) is 22.4 Å². The number of amides is 1. The van der Waals surface area contributed by atoms with Gasteiger partial charge in [-0.15, -0.1) is 0 Å². The Labute approximate surface area is 114 Å². The van der Waals surface area contributed by atoms with Gasteiger partial charge in [0.05, 0.1) is 17.4 Å². The Hall–Kier alpha value is -2.14. The highest BCUT2D eigenvalue weighted by Gasteiger charge is 2.32. The molecule has 6 heteroatoms. The first-order valence-corrected chi connectivity index (χ1v) is 6.35. The fourth-order valence-electron chi connectivity index (χ4n) is 2.69. The molecule has 2 aromatic rings. The van der Waals surface area contributed by atoms with Crippen molar-refractivity contribution in [3.63, 3.8) is 0 Å². The highest BCUT2D eigenvalue weighted by atomic mass is 35.5. The molecule has 0 spiro atoms. The SMILES string of the molecule is O=C1Nc2cnc(Cl)nc2N2CCc3cccc1c32. The summed E-state index contributed by atoms with van der Waals surface area (Å²) in [6, 6.07) is 5.78. The molecular weight excluding hydrogens is 264 g/mol. The van der Waals surface area contributed by atoms with Gasteiger partial charge < -0.3 is 10.2 Å².